The molecule has 0 aliphatic carbocycles. The van der Waals surface area contributed by atoms with Crippen LogP contribution in [-0.4, -0.2) is 27.5 Å². The SMILES string of the molecule is Cc1cc2nn(-c3ccccc3)nc2cc1NC(=O)COc1ccc(Cl)cc1C. The largest absolute Gasteiger partial charge is 0.483 e. The van der Waals surface area contributed by atoms with E-state index in [1.54, 1.807) is 23.0 Å². The Morgan fingerprint density at radius 3 is 2.45 bits per heavy atom. The van der Waals surface area contributed by atoms with Crippen molar-refractivity contribution < 1.29 is 9.53 Å². The molecule has 0 unspecified atom stereocenters. The highest BCUT2D eigenvalue weighted by Crippen LogP contribution is 2.23. The molecule has 0 bridgehead atoms. The molecule has 0 fully saturated rings. The first-order chi connectivity index (χ1) is 14.0. The van der Waals surface area contributed by atoms with E-state index in [0.717, 1.165) is 22.3 Å². The summed E-state index contributed by atoms with van der Waals surface area (Å²) in [4.78, 5) is 14.0. The minimum absolute atomic E-state index is 0.101. The number of anilines is 1. The normalized spacial score (nSPS) is 10.9. The molecule has 0 radical (unpaired) electrons. The molecule has 0 saturated heterocycles. The van der Waals surface area contributed by atoms with Crippen LogP contribution in [0.2, 0.25) is 5.02 Å². The predicted octanol–water partition coefficient (Wildman–Crippen LogP) is 4.71. The van der Waals surface area contributed by atoms with Crippen LogP contribution >= 0.6 is 11.6 Å². The number of carbonyl (C=O) groups is 1. The van der Waals surface area contributed by atoms with Crippen LogP contribution in [0.3, 0.4) is 0 Å². The maximum Gasteiger partial charge on any atom is 0.262 e. The van der Waals surface area contributed by atoms with Gasteiger partial charge in [-0.05, 0) is 67.4 Å². The Bertz CT molecular complexity index is 1190. The number of hydrogen-bond donors (Lipinski definition) is 1. The maximum atomic E-state index is 12.4. The minimum atomic E-state index is -0.253. The van der Waals surface area contributed by atoms with Gasteiger partial charge in [0, 0.05) is 10.7 Å². The van der Waals surface area contributed by atoms with E-state index in [0.29, 0.717) is 22.0 Å². The number of carbonyl (C=O) groups excluding carboxylic acids is 1. The lowest BCUT2D eigenvalue weighted by Gasteiger charge is -2.11. The third-order valence-electron chi connectivity index (χ3n) is 4.48. The van der Waals surface area contributed by atoms with Gasteiger partial charge < -0.3 is 10.1 Å². The first-order valence-electron chi connectivity index (χ1n) is 9.11. The first kappa shape index (κ1) is 19.0. The summed E-state index contributed by atoms with van der Waals surface area (Å²) in [6, 6.07) is 18.7. The smallest absolute Gasteiger partial charge is 0.262 e. The number of hydrogen-bond acceptors (Lipinski definition) is 4. The van der Waals surface area contributed by atoms with Crippen molar-refractivity contribution in [3.05, 3.63) is 76.8 Å². The van der Waals surface area contributed by atoms with Gasteiger partial charge in [-0.3, -0.25) is 4.79 Å². The summed E-state index contributed by atoms with van der Waals surface area (Å²) in [7, 11) is 0. The van der Waals surface area contributed by atoms with Gasteiger partial charge in [-0.25, -0.2) is 0 Å². The number of rotatable bonds is 5. The first-order valence-corrected chi connectivity index (χ1v) is 9.49. The quantitative estimate of drug-likeness (QED) is 0.521. The zero-order chi connectivity index (χ0) is 20.4. The van der Waals surface area contributed by atoms with Gasteiger partial charge in [0.2, 0.25) is 0 Å². The number of ether oxygens (including phenoxy) is 1. The Morgan fingerprint density at radius 2 is 1.72 bits per heavy atom. The number of fused-ring (bicyclic) bond motifs is 1. The Balaban J connectivity index is 1.49. The fourth-order valence-electron chi connectivity index (χ4n) is 2.98. The van der Waals surface area contributed by atoms with E-state index in [2.05, 4.69) is 15.5 Å². The van der Waals surface area contributed by atoms with Crippen LogP contribution in [-0.2, 0) is 4.79 Å². The lowest BCUT2D eigenvalue weighted by atomic mass is 10.1. The van der Waals surface area contributed by atoms with Gasteiger partial charge in [-0.15, -0.1) is 10.2 Å². The van der Waals surface area contributed by atoms with E-state index in [4.69, 9.17) is 16.3 Å². The molecule has 0 aliphatic rings. The second-order valence-electron chi connectivity index (χ2n) is 6.73. The molecule has 3 aromatic carbocycles. The van der Waals surface area contributed by atoms with Crippen molar-refractivity contribution in [2.45, 2.75) is 13.8 Å². The van der Waals surface area contributed by atoms with Crippen molar-refractivity contribution in [3.63, 3.8) is 0 Å². The number of aromatic nitrogens is 3. The van der Waals surface area contributed by atoms with Crippen LogP contribution in [0.15, 0.2) is 60.7 Å². The Labute approximate surface area is 173 Å². The second-order valence-corrected chi connectivity index (χ2v) is 7.16. The van der Waals surface area contributed by atoms with Crippen molar-refractivity contribution in [2.75, 3.05) is 11.9 Å². The predicted molar refractivity (Wildman–Crippen MR) is 114 cm³/mol. The molecule has 4 aromatic rings. The highest BCUT2D eigenvalue weighted by molar-refractivity contribution is 6.30. The second kappa shape index (κ2) is 7.93. The number of nitrogens with one attached hydrogen (secondary N) is 1. The van der Waals surface area contributed by atoms with E-state index in [9.17, 15) is 4.79 Å². The zero-order valence-electron chi connectivity index (χ0n) is 16.0. The molecule has 0 saturated carbocycles. The third kappa shape index (κ3) is 4.22. The molecular weight excluding hydrogens is 388 g/mol. The Kier molecular flexibility index (Phi) is 5.18. The van der Waals surface area contributed by atoms with Gasteiger partial charge in [0.05, 0.1) is 5.69 Å². The average molecular weight is 407 g/mol. The van der Waals surface area contributed by atoms with Gasteiger partial charge in [-0.2, -0.15) is 4.80 Å². The number of aryl methyl sites for hydroxylation is 2. The van der Waals surface area contributed by atoms with E-state index in [-0.39, 0.29) is 12.5 Å². The van der Waals surface area contributed by atoms with Crippen LogP contribution < -0.4 is 10.1 Å². The molecule has 0 aliphatic heterocycles. The molecule has 29 heavy (non-hydrogen) atoms. The molecule has 1 heterocycles. The minimum Gasteiger partial charge on any atom is -0.483 e. The van der Waals surface area contributed by atoms with Crippen molar-refractivity contribution in [1.82, 2.24) is 15.0 Å². The highest BCUT2D eigenvalue weighted by atomic mass is 35.5. The molecule has 1 aromatic heterocycles. The molecule has 4 rings (SSSR count). The van der Waals surface area contributed by atoms with Gasteiger partial charge in [0.25, 0.3) is 5.91 Å². The number of halogens is 1. The van der Waals surface area contributed by atoms with E-state index in [1.807, 2.05) is 56.3 Å². The number of benzene rings is 3. The number of para-hydroxylation sites is 1. The fourth-order valence-corrected chi connectivity index (χ4v) is 3.21. The Morgan fingerprint density at radius 1 is 1.00 bits per heavy atom. The molecule has 1 N–H and O–H groups in total. The van der Waals surface area contributed by atoms with Gasteiger partial charge in [-0.1, -0.05) is 29.8 Å². The summed E-state index contributed by atoms with van der Waals surface area (Å²) >= 11 is 5.95. The Hall–Kier alpha value is -3.38. The molecule has 146 valence electrons. The van der Waals surface area contributed by atoms with Crippen molar-refractivity contribution in [1.29, 1.82) is 0 Å². The molecule has 7 heteroatoms. The van der Waals surface area contributed by atoms with E-state index >= 15 is 0 Å². The van der Waals surface area contributed by atoms with Gasteiger partial charge in [0.15, 0.2) is 6.61 Å². The van der Waals surface area contributed by atoms with Crippen LogP contribution in [0.1, 0.15) is 11.1 Å². The zero-order valence-corrected chi connectivity index (χ0v) is 16.8. The summed E-state index contributed by atoms with van der Waals surface area (Å²) in [5, 5.41) is 12.5. The number of nitrogens with zero attached hydrogens (tertiary/aromatic N) is 3. The summed E-state index contributed by atoms with van der Waals surface area (Å²) in [6.07, 6.45) is 0. The maximum absolute atomic E-state index is 12.4. The van der Waals surface area contributed by atoms with Crippen LogP contribution in [0.4, 0.5) is 5.69 Å². The monoisotopic (exact) mass is 406 g/mol. The van der Waals surface area contributed by atoms with Crippen LogP contribution in [0.5, 0.6) is 5.75 Å². The summed E-state index contributed by atoms with van der Waals surface area (Å²) in [6.45, 7) is 3.70. The fraction of sp³-hybridized carbons (Fsp3) is 0.136. The number of amides is 1. The van der Waals surface area contributed by atoms with E-state index < -0.39 is 0 Å². The highest BCUT2D eigenvalue weighted by Gasteiger charge is 2.11. The third-order valence-corrected chi connectivity index (χ3v) is 4.72. The summed E-state index contributed by atoms with van der Waals surface area (Å²) < 4.78 is 5.61. The lowest BCUT2D eigenvalue weighted by Crippen LogP contribution is -2.20. The lowest BCUT2D eigenvalue weighted by molar-refractivity contribution is -0.118. The average Bonchev–Trinajstić information content (AvgIpc) is 3.11. The standard InChI is InChI=1S/C22H19ClN4O2/c1-14-11-19-20(26-27(25-19)17-6-4-3-5-7-17)12-18(14)24-22(28)13-29-21-9-8-16(23)10-15(21)2/h3-12H,13H2,1-2H3,(H,24,28). The van der Waals surface area contributed by atoms with Crippen LogP contribution in [0.25, 0.3) is 16.7 Å². The molecule has 0 spiro atoms. The van der Waals surface area contributed by atoms with Crippen molar-refractivity contribution in [2.24, 2.45) is 0 Å². The molecular formula is C22H19ClN4O2. The van der Waals surface area contributed by atoms with Gasteiger partial charge >= 0.3 is 0 Å². The van der Waals surface area contributed by atoms with Crippen molar-refractivity contribution >= 4 is 34.2 Å². The summed E-state index contributed by atoms with van der Waals surface area (Å²) in [5.41, 5.74) is 4.79. The van der Waals surface area contributed by atoms with Crippen molar-refractivity contribution in [3.8, 4) is 11.4 Å². The summed E-state index contributed by atoms with van der Waals surface area (Å²) in [5.74, 6) is 0.375. The van der Waals surface area contributed by atoms with Gasteiger partial charge in [0.1, 0.15) is 16.8 Å². The van der Waals surface area contributed by atoms with Crippen LogP contribution in [0, 0.1) is 13.8 Å². The topological polar surface area (TPSA) is 69.0 Å². The molecule has 0 atom stereocenters. The molecule has 6 nitrogen and oxygen atoms in total. The van der Waals surface area contributed by atoms with E-state index in [1.165, 1.54) is 0 Å². The molecule has 1 amide bonds.